The van der Waals surface area contributed by atoms with E-state index in [2.05, 4.69) is 15.3 Å². The zero-order valence-electron chi connectivity index (χ0n) is 14.0. The lowest BCUT2D eigenvalue weighted by Crippen LogP contribution is -2.25. The number of benzene rings is 1. The average molecular weight is 333 g/mol. The second-order valence-electron chi connectivity index (χ2n) is 6.29. The lowest BCUT2D eigenvalue weighted by Gasteiger charge is -2.10. The van der Waals surface area contributed by atoms with Crippen molar-refractivity contribution in [1.82, 2.24) is 15.3 Å². The van der Waals surface area contributed by atoms with Gasteiger partial charge in [0.25, 0.3) is 0 Å². The first kappa shape index (κ1) is 15.6. The first-order valence-electron chi connectivity index (χ1n) is 8.36. The topological polar surface area (TPSA) is 64.1 Å². The Morgan fingerprint density at radius 1 is 1.28 bits per heavy atom. The maximum atomic E-state index is 12.5. The van der Waals surface area contributed by atoms with Crippen molar-refractivity contribution in [2.24, 2.45) is 5.92 Å². The van der Waals surface area contributed by atoms with E-state index in [9.17, 15) is 4.79 Å². The second-order valence-corrected chi connectivity index (χ2v) is 6.29. The van der Waals surface area contributed by atoms with E-state index in [0.717, 1.165) is 28.5 Å². The summed E-state index contributed by atoms with van der Waals surface area (Å²) in [5.41, 5.74) is 3.01. The van der Waals surface area contributed by atoms with Crippen LogP contribution in [0.15, 0.2) is 54.9 Å². The molecule has 1 fully saturated rings. The minimum atomic E-state index is 0.0409. The molecule has 25 heavy (non-hydrogen) atoms. The predicted molar refractivity (Wildman–Crippen MR) is 95.2 cm³/mol. The minimum absolute atomic E-state index is 0.0409. The smallest absolute Gasteiger partial charge is 0.224 e. The fraction of sp³-hybridized carbons (Fsp3) is 0.250. The molecule has 1 amide bonds. The third kappa shape index (κ3) is 3.18. The van der Waals surface area contributed by atoms with Gasteiger partial charge < -0.3 is 10.1 Å². The number of aromatic nitrogens is 2. The summed E-state index contributed by atoms with van der Waals surface area (Å²) in [6.07, 6.45) is 4.49. The molecule has 1 N–H and O–H groups in total. The molecular weight excluding hydrogens is 314 g/mol. The van der Waals surface area contributed by atoms with Gasteiger partial charge in [-0.2, -0.15) is 0 Å². The van der Waals surface area contributed by atoms with Gasteiger partial charge in [-0.05, 0) is 35.6 Å². The van der Waals surface area contributed by atoms with Gasteiger partial charge in [-0.3, -0.25) is 9.78 Å². The van der Waals surface area contributed by atoms with Crippen molar-refractivity contribution in [2.75, 3.05) is 7.11 Å². The van der Waals surface area contributed by atoms with Crippen LogP contribution in [0.5, 0.6) is 5.88 Å². The number of pyridine rings is 2. The number of rotatable bonds is 5. The second kappa shape index (κ2) is 6.51. The molecule has 0 saturated heterocycles. The Morgan fingerprint density at radius 2 is 2.16 bits per heavy atom. The van der Waals surface area contributed by atoms with Crippen molar-refractivity contribution < 1.29 is 9.53 Å². The van der Waals surface area contributed by atoms with E-state index in [1.54, 1.807) is 13.3 Å². The van der Waals surface area contributed by atoms with Gasteiger partial charge in [0, 0.05) is 36.3 Å². The van der Waals surface area contributed by atoms with Crippen LogP contribution in [0.4, 0.5) is 0 Å². The van der Waals surface area contributed by atoms with Crippen LogP contribution in [0.25, 0.3) is 10.9 Å². The summed E-state index contributed by atoms with van der Waals surface area (Å²) in [6.45, 7) is 0.467. The van der Waals surface area contributed by atoms with Crippen LogP contribution < -0.4 is 10.1 Å². The lowest BCUT2D eigenvalue weighted by molar-refractivity contribution is -0.122. The molecule has 0 radical (unpaired) electrons. The molecule has 2 aromatic heterocycles. The van der Waals surface area contributed by atoms with Crippen molar-refractivity contribution in [3.8, 4) is 5.88 Å². The van der Waals surface area contributed by atoms with E-state index in [0.29, 0.717) is 12.4 Å². The van der Waals surface area contributed by atoms with E-state index < -0.39 is 0 Å². The highest BCUT2D eigenvalue weighted by molar-refractivity contribution is 5.85. The lowest BCUT2D eigenvalue weighted by atomic mass is 10.1. The molecule has 2 heterocycles. The number of carbonyl (C=O) groups excluding carboxylic acids is 1. The third-order valence-electron chi connectivity index (χ3n) is 4.68. The molecule has 3 aromatic rings. The number of nitrogens with zero attached hydrogens (tertiary/aromatic N) is 2. The number of hydrogen-bond acceptors (Lipinski definition) is 4. The van der Waals surface area contributed by atoms with Crippen LogP contribution in [0.1, 0.15) is 23.5 Å². The molecule has 1 aliphatic rings. The van der Waals surface area contributed by atoms with Crippen LogP contribution in [0.2, 0.25) is 0 Å². The molecule has 2 atom stereocenters. The Labute approximate surface area is 146 Å². The van der Waals surface area contributed by atoms with Crippen LogP contribution in [0, 0.1) is 5.92 Å². The van der Waals surface area contributed by atoms with Crippen molar-refractivity contribution in [2.45, 2.75) is 18.9 Å². The third-order valence-corrected chi connectivity index (χ3v) is 4.68. The van der Waals surface area contributed by atoms with E-state index in [1.807, 2.05) is 48.7 Å². The van der Waals surface area contributed by atoms with Crippen LogP contribution >= 0.6 is 0 Å². The van der Waals surface area contributed by atoms with E-state index >= 15 is 0 Å². The highest BCUT2D eigenvalue weighted by Gasteiger charge is 2.43. The quantitative estimate of drug-likeness (QED) is 0.779. The molecule has 1 aliphatic carbocycles. The number of fused-ring (bicyclic) bond motifs is 1. The molecule has 5 heteroatoms. The summed E-state index contributed by atoms with van der Waals surface area (Å²) in [5.74, 6) is 0.980. The molecule has 0 aliphatic heterocycles. The van der Waals surface area contributed by atoms with Crippen LogP contribution in [0.3, 0.4) is 0 Å². The Balaban J connectivity index is 1.47. The summed E-state index contributed by atoms with van der Waals surface area (Å²) in [6, 6.07) is 13.7. The molecule has 5 nitrogen and oxygen atoms in total. The molecule has 0 bridgehead atoms. The number of amides is 1. The predicted octanol–water partition coefficient (Wildman–Crippen LogP) is 3.06. The molecule has 0 spiro atoms. The standard InChI is InChI=1S/C20H19N3O2/c1-25-19-9-14(15-6-2-3-7-18(15)23-19)12-22-20(24)17-10-16(17)13-5-4-8-21-11-13/h2-9,11,16-17H,10,12H2,1H3,(H,22,24)/t16-,17+/m0/s1. The summed E-state index contributed by atoms with van der Waals surface area (Å²) in [7, 11) is 1.60. The average Bonchev–Trinajstić information content (AvgIpc) is 3.47. The Hall–Kier alpha value is -2.95. The normalized spacial score (nSPS) is 18.8. The fourth-order valence-electron chi connectivity index (χ4n) is 3.23. The zero-order valence-corrected chi connectivity index (χ0v) is 14.0. The Bertz CT molecular complexity index is 911. The first-order valence-corrected chi connectivity index (χ1v) is 8.36. The van der Waals surface area contributed by atoms with Crippen molar-refractivity contribution in [1.29, 1.82) is 0 Å². The largest absolute Gasteiger partial charge is 0.481 e. The number of para-hydroxylation sites is 1. The highest BCUT2D eigenvalue weighted by atomic mass is 16.5. The number of carbonyl (C=O) groups is 1. The number of methoxy groups -OCH3 is 1. The van der Waals surface area contributed by atoms with Gasteiger partial charge in [0.15, 0.2) is 0 Å². The molecule has 4 rings (SSSR count). The van der Waals surface area contributed by atoms with Gasteiger partial charge >= 0.3 is 0 Å². The maximum Gasteiger partial charge on any atom is 0.224 e. The van der Waals surface area contributed by atoms with Gasteiger partial charge in [-0.25, -0.2) is 4.98 Å². The Morgan fingerprint density at radius 3 is 2.96 bits per heavy atom. The SMILES string of the molecule is COc1cc(CNC(=O)[C@@H]2C[C@H]2c2cccnc2)c2ccccc2n1. The molecule has 1 aromatic carbocycles. The number of hydrogen-bond donors (Lipinski definition) is 1. The van der Waals surface area contributed by atoms with Crippen molar-refractivity contribution >= 4 is 16.8 Å². The zero-order chi connectivity index (χ0) is 17.2. The monoisotopic (exact) mass is 333 g/mol. The summed E-state index contributed by atoms with van der Waals surface area (Å²) >= 11 is 0. The summed E-state index contributed by atoms with van der Waals surface area (Å²) in [4.78, 5) is 21.0. The van der Waals surface area contributed by atoms with Gasteiger partial charge in [0.1, 0.15) is 0 Å². The summed E-state index contributed by atoms with van der Waals surface area (Å²) in [5, 5.41) is 4.09. The van der Waals surface area contributed by atoms with E-state index in [-0.39, 0.29) is 17.7 Å². The van der Waals surface area contributed by atoms with Crippen LogP contribution in [-0.4, -0.2) is 23.0 Å². The number of ether oxygens (including phenoxy) is 1. The van der Waals surface area contributed by atoms with Gasteiger partial charge in [0.2, 0.25) is 11.8 Å². The summed E-state index contributed by atoms with van der Waals surface area (Å²) < 4.78 is 5.27. The Kier molecular flexibility index (Phi) is 4.06. The molecule has 126 valence electrons. The molecule has 1 saturated carbocycles. The van der Waals surface area contributed by atoms with E-state index in [4.69, 9.17) is 4.74 Å². The molecular formula is C20H19N3O2. The van der Waals surface area contributed by atoms with Crippen LogP contribution in [-0.2, 0) is 11.3 Å². The molecule has 0 unspecified atom stereocenters. The van der Waals surface area contributed by atoms with Gasteiger partial charge in [-0.1, -0.05) is 24.3 Å². The van der Waals surface area contributed by atoms with Gasteiger partial charge in [0.05, 0.1) is 12.6 Å². The number of nitrogens with one attached hydrogen (secondary N) is 1. The minimum Gasteiger partial charge on any atom is -0.481 e. The van der Waals surface area contributed by atoms with E-state index in [1.165, 1.54) is 0 Å². The van der Waals surface area contributed by atoms with Crippen molar-refractivity contribution in [3.63, 3.8) is 0 Å². The maximum absolute atomic E-state index is 12.5. The first-order chi connectivity index (χ1) is 12.3. The van der Waals surface area contributed by atoms with Crippen molar-refractivity contribution in [3.05, 3.63) is 66.0 Å². The van der Waals surface area contributed by atoms with Gasteiger partial charge in [-0.15, -0.1) is 0 Å². The fourth-order valence-corrected chi connectivity index (χ4v) is 3.23. The highest BCUT2D eigenvalue weighted by Crippen LogP contribution is 2.47.